The third-order valence-electron chi connectivity index (χ3n) is 3.87. The molecule has 0 spiro atoms. The number of carbonyl (C=O) groups is 1. The first-order valence-electron chi connectivity index (χ1n) is 6.05. The molecular formula is C12H25N2O2+. The molecule has 1 unspecified atom stereocenters. The molecule has 0 radical (unpaired) electrons. The molecule has 1 rings (SSSR count). The van der Waals surface area contributed by atoms with Crippen LogP contribution in [0.5, 0.6) is 0 Å². The molecule has 1 aliphatic heterocycles. The number of piperazine rings is 1. The molecule has 4 heteroatoms. The second kappa shape index (κ2) is 4.34. The first kappa shape index (κ1) is 13.5. The van der Waals surface area contributed by atoms with Crippen LogP contribution in [0.4, 0.5) is 4.79 Å². The Labute approximate surface area is 98.2 Å². The molecule has 16 heavy (non-hydrogen) atoms. The Hall–Kier alpha value is -0.610. The van der Waals surface area contributed by atoms with Crippen molar-refractivity contribution in [1.29, 1.82) is 0 Å². The van der Waals surface area contributed by atoms with Gasteiger partial charge in [-0.05, 0) is 20.8 Å². The number of nitrogens with zero attached hydrogens (tertiary/aromatic N) is 1. The quantitative estimate of drug-likeness (QED) is 0.675. The van der Waals surface area contributed by atoms with E-state index in [9.17, 15) is 9.90 Å². The fourth-order valence-electron chi connectivity index (χ4n) is 2.93. The van der Waals surface area contributed by atoms with Gasteiger partial charge in [-0.3, -0.25) is 0 Å². The number of rotatable bonds is 1. The summed E-state index contributed by atoms with van der Waals surface area (Å²) < 4.78 is 0.178. The van der Waals surface area contributed by atoms with E-state index < -0.39 is 6.09 Å². The van der Waals surface area contributed by atoms with Crippen molar-refractivity contribution in [2.45, 2.75) is 46.2 Å². The van der Waals surface area contributed by atoms with Crippen molar-refractivity contribution >= 4 is 6.09 Å². The summed E-state index contributed by atoms with van der Waals surface area (Å²) in [5.74, 6) is 0.364. The highest BCUT2D eigenvalue weighted by atomic mass is 16.4. The van der Waals surface area contributed by atoms with Gasteiger partial charge < -0.3 is 10.4 Å². The van der Waals surface area contributed by atoms with Gasteiger partial charge >= 0.3 is 6.09 Å². The van der Waals surface area contributed by atoms with Gasteiger partial charge in [-0.15, -0.1) is 0 Å². The van der Waals surface area contributed by atoms with Crippen molar-refractivity contribution in [3.05, 3.63) is 0 Å². The Bertz CT molecular complexity index is 271. The Kier molecular flexibility index (Phi) is 3.65. The molecule has 0 aliphatic carbocycles. The Morgan fingerprint density at radius 1 is 1.44 bits per heavy atom. The zero-order chi connectivity index (χ0) is 12.6. The average Bonchev–Trinajstić information content (AvgIpc) is 2.15. The van der Waals surface area contributed by atoms with E-state index >= 15 is 0 Å². The molecule has 94 valence electrons. The summed E-state index contributed by atoms with van der Waals surface area (Å²) in [6.45, 7) is 12.6. The number of carboxylic acid groups (broad SMARTS) is 1. The average molecular weight is 229 g/mol. The minimum atomic E-state index is -0.687. The summed E-state index contributed by atoms with van der Waals surface area (Å²) in [6.07, 6.45) is -0.687. The van der Waals surface area contributed by atoms with Crippen LogP contribution in [-0.4, -0.2) is 46.9 Å². The van der Waals surface area contributed by atoms with E-state index in [-0.39, 0.29) is 16.1 Å². The molecule has 2 N–H and O–H groups in total. The summed E-state index contributed by atoms with van der Waals surface area (Å²) in [5.41, 5.74) is -0.261. The molecule has 0 bridgehead atoms. The lowest BCUT2D eigenvalue weighted by atomic mass is 9.89. The lowest BCUT2D eigenvalue weighted by Crippen LogP contribution is -2.75. The highest BCUT2D eigenvalue weighted by molar-refractivity contribution is 5.58. The molecule has 0 aromatic carbocycles. The summed E-state index contributed by atoms with van der Waals surface area (Å²) in [7, 11) is 0. The number of quaternary nitrogens is 1. The van der Waals surface area contributed by atoms with Crippen LogP contribution in [0.3, 0.4) is 0 Å². The van der Waals surface area contributed by atoms with E-state index in [1.165, 1.54) is 0 Å². The van der Waals surface area contributed by atoms with Gasteiger partial charge in [0.05, 0.1) is 0 Å². The lowest BCUT2D eigenvalue weighted by Gasteiger charge is -2.52. The Morgan fingerprint density at radius 3 is 2.31 bits per heavy atom. The van der Waals surface area contributed by atoms with E-state index in [0.29, 0.717) is 12.5 Å². The van der Waals surface area contributed by atoms with Crippen molar-refractivity contribution in [2.75, 3.05) is 19.6 Å². The second-order valence-corrected chi connectivity index (χ2v) is 6.06. The van der Waals surface area contributed by atoms with Crippen molar-refractivity contribution in [3.8, 4) is 0 Å². The molecule has 0 aromatic rings. The molecule has 1 fully saturated rings. The van der Waals surface area contributed by atoms with Gasteiger partial charge in [0.1, 0.15) is 18.1 Å². The second-order valence-electron chi connectivity index (χ2n) is 6.06. The molecule has 4 nitrogen and oxygen atoms in total. The van der Waals surface area contributed by atoms with Crippen molar-refractivity contribution in [1.82, 2.24) is 5.32 Å². The van der Waals surface area contributed by atoms with E-state index in [4.69, 9.17) is 0 Å². The first-order valence-corrected chi connectivity index (χ1v) is 6.05. The molecule has 1 saturated heterocycles. The molecule has 0 saturated carbocycles. The van der Waals surface area contributed by atoms with Gasteiger partial charge in [0.2, 0.25) is 0 Å². The van der Waals surface area contributed by atoms with Crippen LogP contribution >= 0.6 is 0 Å². The third-order valence-corrected chi connectivity index (χ3v) is 3.87. The maximum atomic E-state index is 11.8. The zero-order valence-corrected chi connectivity index (χ0v) is 11.1. The first-order chi connectivity index (χ1) is 7.23. The predicted molar refractivity (Wildman–Crippen MR) is 64.4 cm³/mol. The predicted octanol–water partition coefficient (Wildman–Crippen LogP) is 1.91. The zero-order valence-electron chi connectivity index (χ0n) is 11.1. The van der Waals surface area contributed by atoms with Gasteiger partial charge in [0, 0.05) is 19.0 Å². The van der Waals surface area contributed by atoms with Gasteiger partial charge in [-0.2, -0.15) is 4.79 Å². The topological polar surface area (TPSA) is 49.3 Å². The van der Waals surface area contributed by atoms with Gasteiger partial charge in [0.15, 0.2) is 0 Å². The fourth-order valence-corrected chi connectivity index (χ4v) is 2.93. The number of hydrogen-bond acceptors (Lipinski definition) is 2. The highest BCUT2D eigenvalue weighted by Crippen LogP contribution is 2.33. The minimum absolute atomic E-state index is 0.145. The number of hydrogen-bond donors (Lipinski definition) is 2. The van der Waals surface area contributed by atoms with Crippen LogP contribution in [-0.2, 0) is 0 Å². The van der Waals surface area contributed by atoms with Crippen molar-refractivity contribution < 1.29 is 14.4 Å². The van der Waals surface area contributed by atoms with Crippen LogP contribution in [0, 0.1) is 5.92 Å². The largest absolute Gasteiger partial charge is 0.514 e. The number of amides is 1. The Balaban J connectivity index is 3.19. The van der Waals surface area contributed by atoms with E-state index in [2.05, 4.69) is 19.2 Å². The smallest absolute Gasteiger partial charge is 0.435 e. The standard InChI is InChI=1S/C12H24N2O2/c1-9(2)10-8-13-6-7-14(10,11(15)16)12(3,4)5/h9-10,13H,6-8H2,1-5H3/p+1/t10-,14?/m1/s1. The Morgan fingerprint density at radius 2 is 2.00 bits per heavy atom. The molecule has 1 amide bonds. The normalized spacial score (nSPS) is 31.8. The maximum Gasteiger partial charge on any atom is 0.514 e. The molecule has 0 aromatic heterocycles. The van der Waals surface area contributed by atoms with E-state index in [0.717, 1.165) is 13.1 Å². The van der Waals surface area contributed by atoms with Gasteiger partial charge in [-0.25, -0.2) is 4.48 Å². The molecule has 1 aliphatic rings. The third kappa shape index (κ3) is 1.96. The van der Waals surface area contributed by atoms with E-state index in [1.54, 1.807) is 0 Å². The number of nitrogens with one attached hydrogen (secondary N) is 1. The molecule has 1 heterocycles. The summed E-state index contributed by atoms with van der Waals surface area (Å²) >= 11 is 0. The molecule has 2 atom stereocenters. The lowest BCUT2D eigenvalue weighted by molar-refractivity contribution is -0.931. The van der Waals surface area contributed by atoms with Crippen molar-refractivity contribution in [3.63, 3.8) is 0 Å². The van der Waals surface area contributed by atoms with Crippen LogP contribution < -0.4 is 5.32 Å². The van der Waals surface area contributed by atoms with Gasteiger partial charge in [-0.1, -0.05) is 13.8 Å². The van der Waals surface area contributed by atoms with Gasteiger partial charge in [0.25, 0.3) is 0 Å². The molecular weight excluding hydrogens is 204 g/mol. The fraction of sp³-hybridized carbons (Fsp3) is 0.917. The van der Waals surface area contributed by atoms with Crippen LogP contribution in [0.2, 0.25) is 0 Å². The summed E-state index contributed by atoms with van der Waals surface area (Å²) in [4.78, 5) is 11.8. The highest BCUT2D eigenvalue weighted by Gasteiger charge is 2.55. The summed E-state index contributed by atoms with van der Waals surface area (Å²) in [5, 5.41) is 13.0. The van der Waals surface area contributed by atoms with E-state index in [1.807, 2.05) is 20.8 Å². The van der Waals surface area contributed by atoms with Crippen LogP contribution in [0.15, 0.2) is 0 Å². The maximum absolute atomic E-state index is 11.8. The van der Waals surface area contributed by atoms with Crippen LogP contribution in [0.25, 0.3) is 0 Å². The minimum Gasteiger partial charge on any atom is -0.435 e. The van der Waals surface area contributed by atoms with Crippen LogP contribution in [0.1, 0.15) is 34.6 Å². The SMILES string of the molecule is CC(C)[C@H]1CNCC[N+]1(C(=O)O)C(C)(C)C. The monoisotopic (exact) mass is 229 g/mol. The van der Waals surface area contributed by atoms with Crippen molar-refractivity contribution in [2.24, 2.45) is 5.92 Å². The summed E-state index contributed by atoms with van der Waals surface area (Å²) in [6, 6.07) is 0.145.